The molecule has 5 nitrogen and oxygen atoms in total. The van der Waals surface area contributed by atoms with Gasteiger partial charge in [0.15, 0.2) is 0 Å². The van der Waals surface area contributed by atoms with Gasteiger partial charge in [0, 0.05) is 22.5 Å². The van der Waals surface area contributed by atoms with Gasteiger partial charge in [0.05, 0.1) is 25.9 Å². The molecule has 0 unspecified atom stereocenters. The number of alkyl halides is 1. The molecule has 1 N–H and O–H groups in total. The van der Waals surface area contributed by atoms with Crippen LogP contribution in [0.3, 0.4) is 0 Å². The predicted molar refractivity (Wildman–Crippen MR) is 190 cm³/mol. The fourth-order valence-corrected chi connectivity index (χ4v) is 7.82. The van der Waals surface area contributed by atoms with Crippen LogP contribution in [0.15, 0.2) is 103 Å². The van der Waals surface area contributed by atoms with Crippen molar-refractivity contribution < 1.29 is 24.1 Å². The molecule has 6 rings (SSSR count). The Morgan fingerprint density at radius 2 is 1.46 bits per heavy atom. The summed E-state index contributed by atoms with van der Waals surface area (Å²) in [5.41, 5.74) is 7.74. The smallest absolute Gasteiger partial charge is 0.225 e. The largest absolute Gasteiger partial charge is 0.396 e. The van der Waals surface area contributed by atoms with E-state index in [0.717, 1.165) is 46.8 Å². The number of fused-ring (bicyclic) bond motifs is 2. The lowest BCUT2D eigenvalue weighted by atomic mass is 9.78. The maximum Gasteiger partial charge on any atom is 0.225 e. The summed E-state index contributed by atoms with van der Waals surface area (Å²) < 4.78 is 28.5. The minimum atomic E-state index is -1.10. The highest BCUT2D eigenvalue weighted by atomic mass is 127. The summed E-state index contributed by atoms with van der Waals surface area (Å²) in [6.07, 6.45) is 2.90. The van der Waals surface area contributed by atoms with E-state index in [1.807, 2.05) is 24.3 Å². The number of benzene rings is 4. The van der Waals surface area contributed by atoms with Crippen LogP contribution in [-0.4, -0.2) is 40.6 Å². The van der Waals surface area contributed by atoms with Gasteiger partial charge in [0.2, 0.25) is 5.79 Å². The molecule has 2 aliphatic heterocycles. The molecule has 0 aliphatic carbocycles. The summed E-state index contributed by atoms with van der Waals surface area (Å²) in [5.74, 6) is -1.06. The molecular formula is C40H45IO5. The van der Waals surface area contributed by atoms with Gasteiger partial charge in [-0.25, -0.2) is 0 Å². The van der Waals surface area contributed by atoms with Crippen molar-refractivity contribution in [3.63, 3.8) is 0 Å². The van der Waals surface area contributed by atoms with Crippen LogP contribution in [0.2, 0.25) is 0 Å². The Morgan fingerprint density at radius 3 is 2.11 bits per heavy atom. The fourth-order valence-electron chi connectivity index (χ4n) is 6.75. The van der Waals surface area contributed by atoms with E-state index in [4.69, 9.17) is 24.1 Å². The number of rotatable bonds is 14. The van der Waals surface area contributed by atoms with Crippen LogP contribution < -0.4 is 0 Å². The molecule has 6 heteroatoms. The number of aliphatic hydroxyl groups is 1. The van der Waals surface area contributed by atoms with E-state index >= 15 is 0 Å². The average molecular weight is 733 g/mol. The van der Waals surface area contributed by atoms with E-state index in [0.29, 0.717) is 19.8 Å². The predicted octanol–water partition coefficient (Wildman–Crippen LogP) is 8.09. The minimum Gasteiger partial charge on any atom is -0.396 e. The van der Waals surface area contributed by atoms with E-state index in [1.54, 1.807) is 0 Å². The van der Waals surface area contributed by atoms with E-state index in [2.05, 4.69) is 115 Å². The van der Waals surface area contributed by atoms with Crippen molar-refractivity contribution in [2.75, 3.05) is 17.6 Å². The van der Waals surface area contributed by atoms with Crippen molar-refractivity contribution in [3.8, 4) is 0 Å². The number of hydrogen-bond acceptors (Lipinski definition) is 5. The standard InChI is InChI=1S/C40H45IO5/c1-29-16-21-36(24-35(29)23-32-19-17-31(18-20-32)11-9-10-22-42)40-38(44-26-34-14-7-4-8-15-34)37(43-25-33-12-5-3-6-13-33)30(2)39(27-41,46-40)28-45-40/h3-8,12-21,24,30,37-38,42H,9-11,22-23,25-28H2,1-2H3/t30-,37-,38+,39-,40-/m0/s1. The first-order valence-corrected chi connectivity index (χ1v) is 18.0. The van der Waals surface area contributed by atoms with Crippen molar-refractivity contribution in [3.05, 3.63) is 142 Å². The van der Waals surface area contributed by atoms with Crippen LogP contribution in [0.4, 0.5) is 0 Å². The first-order valence-electron chi connectivity index (χ1n) is 16.5. The second-order valence-corrected chi connectivity index (χ2v) is 13.6. The highest BCUT2D eigenvalue weighted by Gasteiger charge is 2.67. The SMILES string of the molecule is Cc1ccc([C@]23OC[C@](CI)(O2)[C@@H](C)[C@H](OCc2ccccc2)[C@H]3OCc2ccccc2)cc1Cc1ccc(CCCCO)cc1. The van der Waals surface area contributed by atoms with E-state index in [1.165, 1.54) is 22.3 Å². The lowest BCUT2D eigenvalue weighted by Crippen LogP contribution is -2.62. The van der Waals surface area contributed by atoms with Gasteiger partial charge < -0.3 is 24.1 Å². The molecule has 0 amide bonds. The summed E-state index contributed by atoms with van der Waals surface area (Å²) in [6.45, 7) is 6.04. The van der Waals surface area contributed by atoms with Gasteiger partial charge in [0.1, 0.15) is 11.7 Å². The molecule has 2 fully saturated rings. The summed E-state index contributed by atoms with van der Waals surface area (Å²) in [6, 6.07) is 36.1. The quantitative estimate of drug-likeness (QED) is 0.0808. The Balaban J connectivity index is 1.33. The number of ether oxygens (including phenoxy) is 4. The summed E-state index contributed by atoms with van der Waals surface area (Å²) in [4.78, 5) is 0. The normalized spacial score (nSPS) is 25.5. The maximum absolute atomic E-state index is 9.13. The summed E-state index contributed by atoms with van der Waals surface area (Å²) >= 11 is 2.44. The molecule has 242 valence electrons. The van der Waals surface area contributed by atoms with Crippen LogP contribution in [-0.2, 0) is 50.8 Å². The van der Waals surface area contributed by atoms with Gasteiger partial charge in [-0.2, -0.15) is 0 Å². The molecule has 0 saturated carbocycles. The van der Waals surface area contributed by atoms with Gasteiger partial charge in [-0.15, -0.1) is 0 Å². The molecular weight excluding hydrogens is 687 g/mol. The fraction of sp³-hybridized carbons (Fsp3) is 0.400. The van der Waals surface area contributed by atoms with Crippen LogP contribution in [0.25, 0.3) is 0 Å². The third-order valence-corrected chi connectivity index (χ3v) is 11.0. The Labute approximate surface area is 287 Å². The van der Waals surface area contributed by atoms with Gasteiger partial charge >= 0.3 is 0 Å². The van der Waals surface area contributed by atoms with Gasteiger partial charge in [0.25, 0.3) is 0 Å². The zero-order valence-corrected chi connectivity index (χ0v) is 29.0. The third kappa shape index (κ3) is 7.13. The molecule has 0 aromatic heterocycles. The molecule has 0 radical (unpaired) electrons. The highest BCUT2D eigenvalue weighted by molar-refractivity contribution is 14.1. The first-order chi connectivity index (χ1) is 22.5. The lowest BCUT2D eigenvalue weighted by molar-refractivity contribution is -0.329. The molecule has 2 bridgehead atoms. The number of aryl methyl sites for hydroxylation is 2. The van der Waals surface area contributed by atoms with Crippen LogP contribution in [0, 0.1) is 12.8 Å². The Bertz CT molecular complexity index is 1550. The number of halogens is 1. The number of unbranched alkanes of at least 4 members (excludes halogenated alkanes) is 1. The summed E-state index contributed by atoms with van der Waals surface area (Å²) in [5, 5.41) is 9.13. The minimum absolute atomic E-state index is 0.0466. The molecule has 2 aliphatic rings. The van der Waals surface area contributed by atoms with Crippen molar-refractivity contribution in [1.29, 1.82) is 0 Å². The molecule has 5 atom stereocenters. The average Bonchev–Trinajstić information content (AvgIpc) is 3.47. The molecule has 2 saturated heterocycles. The highest BCUT2D eigenvalue weighted by Crippen LogP contribution is 2.54. The number of hydrogen-bond donors (Lipinski definition) is 1. The second kappa shape index (κ2) is 15.1. The van der Waals surface area contributed by atoms with Crippen molar-refractivity contribution in [1.82, 2.24) is 0 Å². The zero-order chi connectivity index (χ0) is 32.0. The summed E-state index contributed by atoms with van der Waals surface area (Å²) in [7, 11) is 0. The third-order valence-electron chi connectivity index (χ3n) is 9.71. The van der Waals surface area contributed by atoms with Crippen molar-refractivity contribution in [2.45, 2.75) is 76.3 Å². The van der Waals surface area contributed by atoms with Crippen LogP contribution in [0.5, 0.6) is 0 Å². The van der Waals surface area contributed by atoms with E-state index in [-0.39, 0.29) is 18.6 Å². The zero-order valence-electron chi connectivity index (χ0n) is 26.9. The molecule has 46 heavy (non-hydrogen) atoms. The van der Waals surface area contributed by atoms with Crippen molar-refractivity contribution in [2.24, 2.45) is 5.92 Å². The Hall–Kier alpha value is -2.59. The monoisotopic (exact) mass is 732 g/mol. The Kier molecular flexibility index (Phi) is 10.9. The van der Waals surface area contributed by atoms with Gasteiger partial charge in [-0.3, -0.25) is 0 Å². The second-order valence-electron chi connectivity index (χ2n) is 12.8. The molecule has 4 aromatic carbocycles. The van der Waals surface area contributed by atoms with Gasteiger partial charge in [-0.1, -0.05) is 127 Å². The number of aliphatic hydroxyl groups excluding tert-OH is 1. The maximum atomic E-state index is 9.13. The molecule has 2 heterocycles. The van der Waals surface area contributed by atoms with Gasteiger partial charge in [-0.05, 0) is 72.1 Å². The first kappa shape index (κ1) is 33.3. The van der Waals surface area contributed by atoms with Crippen LogP contribution in [0.1, 0.15) is 58.7 Å². The van der Waals surface area contributed by atoms with E-state index < -0.39 is 17.5 Å². The Morgan fingerprint density at radius 1 is 0.804 bits per heavy atom. The molecule has 4 aromatic rings. The topological polar surface area (TPSA) is 57.2 Å². The lowest BCUT2D eigenvalue weighted by Gasteiger charge is -2.50. The van der Waals surface area contributed by atoms with Crippen LogP contribution >= 0.6 is 22.6 Å². The van der Waals surface area contributed by atoms with Crippen molar-refractivity contribution >= 4 is 22.6 Å². The molecule has 0 spiro atoms. The van der Waals surface area contributed by atoms with E-state index in [9.17, 15) is 0 Å².